The number of nitrogens with zero attached hydrogens (tertiary/aromatic N) is 2. The molecule has 0 spiro atoms. The van der Waals surface area contributed by atoms with E-state index in [0.717, 1.165) is 6.07 Å². The van der Waals surface area contributed by atoms with Crippen LogP contribution >= 0.6 is 0 Å². The average Bonchev–Trinajstić information content (AvgIpc) is 2.54. The van der Waals surface area contributed by atoms with Crippen LogP contribution in [0.5, 0.6) is 5.75 Å². The van der Waals surface area contributed by atoms with Gasteiger partial charge in [-0.3, -0.25) is 4.79 Å². The van der Waals surface area contributed by atoms with Gasteiger partial charge in [0.05, 0.1) is 24.3 Å². The number of benzene rings is 2. The van der Waals surface area contributed by atoms with Gasteiger partial charge < -0.3 is 9.64 Å². The van der Waals surface area contributed by atoms with Crippen molar-refractivity contribution in [2.45, 2.75) is 19.9 Å². The fourth-order valence-corrected chi connectivity index (χ4v) is 2.35. The van der Waals surface area contributed by atoms with E-state index in [1.54, 1.807) is 24.3 Å². The summed E-state index contributed by atoms with van der Waals surface area (Å²) in [5.74, 6) is -0.589. The van der Waals surface area contributed by atoms with Gasteiger partial charge in [0.1, 0.15) is 11.6 Å². The van der Waals surface area contributed by atoms with Crippen LogP contribution in [0.3, 0.4) is 0 Å². The first-order valence-corrected chi connectivity index (χ1v) is 7.15. The van der Waals surface area contributed by atoms with Crippen molar-refractivity contribution in [1.29, 1.82) is 5.26 Å². The number of ether oxygens (including phenoxy) is 1. The van der Waals surface area contributed by atoms with Crippen LogP contribution in [0.25, 0.3) is 0 Å². The number of hydrogen-bond donors (Lipinski definition) is 0. The van der Waals surface area contributed by atoms with Gasteiger partial charge in [-0.25, -0.2) is 4.39 Å². The molecule has 4 nitrogen and oxygen atoms in total. The minimum atomic E-state index is -0.511. The van der Waals surface area contributed by atoms with E-state index in [9.17, 15) is 9.18 Å². The molecule has 2 aromatic rings. The van der Waals surface area contributed by atoms with Crippen LogP contribution in [-0.2, 0) is 0 Å². The summed E-state index contributed by atoms with van der Waals surface area (Å²) in [5.41, 5.74) is 1.17. The van der Waals surface area contributed by atoms with Crippen molar-refractivity contribution in [3.63, 3.8) is 0 Å². The second kappa shape index (κ2) is 6.93. The van der Waals surface area contributed by atoms with Gasteiger partial charge in [0, 0.05) is 11.7 Å². The maximum atomic E-state index is 13.6. The first-order chi connectivity index (χ1) is 11.0. The zero-order valence-electron chi connectivity index (χ0n) is 13.2. The van der Waals surface area contributed by atoms with Crippen molar-refractivity contribution in [3.05, 3.63) is 59.4 Å². The van der Waals surface area contributed by atoms with Crippen molar-refractivity contribution < 1.29 is 13.9 Å². The molecule has 0 fully saturated rings. The summed E-state index contributed by atoms with van der Waals surface area (Å²) in [7, 11) is 1.43. The van der Waals surface area contributed by atoms with Crippen LogP contribution in [0, 0.1) is 17.1 Å². The summed E-state index contributed by atoms with van der Waals surface area (Å²) in [4.78, 5) is 14.4. The van der Waals surface area contributed by atoms with Crippen molar-refractivity contribution in [3.8, 4) is 11.8 Å². The average molecular weight is 312 g/mol. The largest absolute Gasteiger partial charge is 0.496 e. The third kappa shape index (κ3) is 3.49. The lowest BCUT2D eigenvalue weighted by Crippen LogP contribution is -2.37. The number of anilines is 1. The van der Waals surface area contributed by atoms with Gasteiger partial charge >= 0.3 is 0 Å². The minimum absolute atomic E-state index is 0.142. The van der Waals surface area contributed by atoms with Gasteiger partial charge in [-0.15, -0.1) is 0 Å². The molecule has 0 aliphatic rings. The lowest BCUT2D eigenvalue weighted by atomic mass is 10.1. The van der Waals surface area contributed by atoms with Crippen LogP contribution in [0.1, 0.15) is 29.8 Å². The predicted molar refractivity (Wildman–Crippen MR) is 86.1 cm³/mol. The Balaban J connectivity index is 2.52. The van der Waals surface area contributed by atoms with Crippen LogP contribution in [0.4, 0.5) is 10.1 Å². The molecule has 5 heteroatoms. The fraction of sp³-hybridized carbons (Fsp3) is 0.222. The third-order valence-corrected chi connectivity index (χ3v) is 3.38. The maximum absolute atomic E-state index is 13.6. The summed E-state index contributed by atoms with van der Waals surface area (Å²) in [6.45, 7) is 3.70. The number of rotatable bonds is 4. The van der Waals surface area contributed by atoms with E-state index in [0.29, 0.717) is 17.0 Å². The van der Waals surface area contributed by atoms with Crippen molar-refractivity contribution >= 4 is 11.6 Å². The molecule has 0 saturated heterocycles. The molecule has 118 valence electrons. The molecule has 0 heterocycles. The summed E-state index contributed by atoms with van der Waals surface area (Å²) >= 11 is 0. The Morgan fingerprint density at radius 1 is 1.26 bits per heavy atom. The second-order valence-corrected chi connectivity index (χ2v) is 5.28. The topological polar surface area (TPSA) is 53.3 Å². The fourth-order valence-electron chi connectivity index (χ4n) is 2.35. The Kier molecular flexibility index (Phi) is 4.97. The highest BCUT2D eigenvalue weighted by Crippen LogP contribution is 2.26. The van der Waals surface area contributed by atoms with Gasteiger partial charge in [0.25, 0.3) is 5.91 Å². The van der Waals surface area contributed by atoms with Crippen LogP contribution in [0.2, 0.25) is 0 Å². The van der Waals surface area contributed by atoms with Gasteiger partial charge in [0.15, 0.2) is 0 Å². The molecule has 0 unspecified atom stereocenters. The molecular formula is C18H17FN2O2. The highest BCUT2D eigenvalue weighted by atomic mass is 19.1. The van der Waals surface area contributed by atoms with E-state index < -0.39 is 5.82 Å². The highest BCUT2D eigenvalue weighted by molar-refractivity contribution is 6.08. The van der Waals surface area contributed by atoms with E-state index in [-0.39, 0.29) is 17.5 Å². The molecule has 2 rings (SSSR count). The zero-order chi connectivity index (χ0) is 17.0. The van der Waals surface area contributed by atoms with E-state index in [1.807, 2.05) is 19.9 Å². The normalized spacial score (nSPS) is 10.3. The van der Waals surface area contributed by atoms with Gasteiger partial charge in [0.2, 0.25) is 0 Å². The van der Waals surface area contributed by atoms with Crippen molar-refractivity contribution in [1.82, 2.24) is 0 Å². The van der Waals surface area contributed by atoms with Crippen LogP contribution in [-0.4, -0.2) is 19.1 Å². The Bertz CT molecular complexity index is 766. The van der Waals surface area contributed by atoms with Crippen LogP contribution in [0.15, 0.2) is 42.5 Å². The number of methoxy groups -OCH3 is 1. The Hall–Kier alpha value is -2.87. The summed E-state index contributed by atoms with van der Waals surface area (Å²) in [6.07, 6.45) is 0. The molecule has 0 N–H and O–H groups in total. The number of amides is 1. The van der Waals surface area contributed by atoms with E-state index in [4.69, 9.17) is 10.00 Å². The van der Waals surface area contributed by atoms with E-state index >= 15 is 0 Å². The molecule has 0 bridgehead atoms. The monoisotopic (exact) mass is 312 g/mol. The molecule has 2 aromatic carbocycles. The Labute approximate surface area is 134 Å². The predicted octanol–water partition coefficient (Wildman–Crippen LogP) is 3.76. The lowest BCUT2D eigenvalue weighted by molar-refractivity contribution is 0.0977. The van der Waals surface area contributed by atoms with E-state index in [1.165, 1.54) is 24.1 Å². The molecule has 1 amide bonds. The van der Waals surface area contributed by atoms with Crippen molar-refractivity contribution in [2.24, 2.45) is 0 Å². The quantitative estimate of drug-likeness (QED) is 0.863. The van der Waals surface area contributed by atoms with Crippen molar-refractivity contribution in [2.75, 3.05) is 12.0 Å². The first-order valence-electron chi connectivity index (χ1n) is 7.15. The number of hydrogen-bond acceptors (Lipinski definition) is 3. The number of carbonyl (C=O) groups is 1. The molecule has 23 heavy (non-hydrogen) atoms. The number of halogens is 1. The zero-order valence-corrected chi connectivity index (χ0v) is 13.2. The highest BCUT2D eigenvalue weighted by Gasteiger charge is 2.24. The Morgan fingerprint density at radius 2 is 2.00 bits per heavy atom. The van der Waals surface area contributed by atoms with Gasteiger partial charge in [-0.1, -0.05) is 6.07 Å². The summed E-state index contributed by atoms with van der Waals surface area (Å²) in [5, 5.41) is 9.03. The second-order valence-electron chi connectivity index (χ2n) is 5.28. The number of nitriles is 1. The first kappa shape index (κ1) is 16.5. The van der Waals surface area contributed by atoms with Gasteiger partial charge in [-0.2, -0.15) is 5.26 Å². The molecule has 0 atom stereocenters. The summed E-state index contributed by atoms with van der Waals surface area (Å²) < 4.78 is 18.7. The third-order valence-electron chi connectivity index (χ3n) is 3.38. The standard InChI is InChI=1S/C18H17FN2O2/c1-12(2)21(15-6-4-5-13(9-15)11-20)18(22)16-10-14(19)7-8-17(16)23-3/h4-10,12H,1-3H3. The smallest absolute Gasteiger partial charge is 0.262 e. The molecule has 0 saturated carbocycles. The molecule has 0 aliphatic carbocycles. The summed E-state index contributed by atoms with van der Waals surface area (Å²) in [6, 6.07) is 12.4. The van der Waals surface area contributed by atoms with E-state index in [2.05, 4.69) is 0 Å². The molecule has 0 radical (unpaired) electrons. The SMILES string of the molecule is COc1ccc(F)cc1C(=O)N(c1cccc(C#N)c1)C(C)C. The molecular weight excluding hydrogens is 295 g/mol. The molecule has 0 aromatic heterocycles. The maximum Gasteiger partial charge on any atom is 0.262 e. The lowest BCUT2D eigenvalue weighted by Gasteiger charge is -2.27. The minimum Gasteiger partial charge on any atom is -0.496 e. The van der Waals surface area contributed by atoms with Crippen LogP contribution < -0.4 is 9.64 Å². The molecule has 0 aliphatic heterocycles. The van der Waals surface area contributed by atoms with Gasteiger partial charge in [-0.05, 0) is 50.2 Å². The number of carbonyl (C=O) groups excluding carboxylic acids is 1. The Morgan fingerprint density at radius 3 is 2.61 bits per heavy atom.